The third-order valence-electron chi connectivity index (χ3n) is 3.82. The summed E-state index contributed by atoms with van der Waals surface area (Å²) in [6.07, 6.45) is 0.375. The Morgan fingerprint density at radius 2 is 1.94 bits per heavy atom. The van der Waals surface area contributed by atoms with Crippen LogP contribution in [-0.2, 0) is 9.53 Å². The molecule has 2 aromatic heterocycles. The largest absolute Gasteiger partial charge is 0.481 e. The molecular weight excluding hydrogens is 410 g/mol. The van der Waals surface area contributed by atoms with Crippen LogP contribution in [-0.4, -0.2) is 50.8 Å². The summed E-state index contributed by atoms with van der Waals surface area (Å²) in [4.78, 5) is 43.2. The predicted molar refractivity (Wildman–Crippen MR) is 109 cm³/mol. The highest BCUT2D eigenvalue weighted by Crippen LogP contribution is 2.26. The standard InChI is InChI=1S/C19H23N5O7/c1-19(2,3)31-18(27)23-14(11-7-5-9-13(21-11)30-4)15(17(25)26)22-16-12(24(28)29)8-6-10-20-16/h5-10,14-15H,1-4H3,(H,20,22)(H,23,27)(H,25,26). The number of ether oxygens (including phenoxy) is 2. The Labute approximate surface area is 177 Å². The molecule has 0 radical (unpaired) electrons. The first-order valence-corrected chi connectivity index (χ1v) is 9.11. The Balaban J connectivity index is 2.48. The van der Waals surface area contributed by atoms with E-state index < -0.39 is 40.4 Å². The molecule has 166 valence electrons. The Hall–Kier alpha value is -3.96. The predicted octanol–water partition coefficient (Wildman–Crippen LogP) is 2.52. The number of alkyl carbamates (subject to hydrolysis) is 1. The second-order valence-corrected chi connectivity index (χ2v) is 7.32. The van der Waals surface area contributed by atoms with Gasteiger partial charge in [0, 0.05) is 18.3 Å². The molecule has 0 aliphatic carbocycles. The number of hydrogen-bond donors (Lipinski definition) is 3. The molecule has 3 N–H and O–H groups in total. The molecule has 0 spiro atoms. The van der Waals surface area contributed by atoms with Crippen molar-refractivity contribution >= 4 is 23.6 Å². The number of hydrogen-bond acceptors (Lipinski definition) is 9. The van der Waals surface area contributed by atoms with Crippen molar-refractivity contribution in [2.75, 3.05) is 12.4 Å². The van der Waals surface area contributed by atoms with Crippen LogP contribution in [0.5, 0.6) is 5.88 Å². The molecule has 31 heavy (non-hydrogen) atoms. The van der Waals surface area contributed by atoms with E-state index in [2.05, 4.69) is 20.6 Å². The van der Waals surface area contributed by atoms with Gasteiger partial charge >= 0.3 is 17.7 Å². The number of rotatable bonds is 8. The molecule has 12 nitrogen and oxygen atoms in total. The van der Waals surface area contributed by atoms with Gasteiger partial charge in [0.05, 0.1) is 17.7 Å². The zero-order valence-electron chi connectivity index (χ0n) is 17.4. The van der Waals surface area contributed by atoms with E-state index in [1.165, 1.54) is 31.5 Å². The maximum atomic E-state index is 12.4. The van der Waals surface area contributed by atoms with Gasteiger partial charge in [0.2, 0.25) is 11.7 Å². The number of nitrogens with one attached hydrogen (secondary N) is 2. The zero-order chi connectivity index (χ0) is 23.2. The van der Waals surface area contributed by atoms with Gasteiger partial charge in [0.15, 0.2) is 6.04 Å². The topological polar surface area (TPSA) is 166 Å². The van der Waals surface area contributed by atoms with E-state index in [9.17, 15) is 24.8 Å². The van der Waals surface area contributed by atoms with Crippen LogP contribution in [0.3, 0.4) is 0 Å². The second kappa shape index (κ2) is 9.69. The molecule has 2 atom stereocenters. The summed E-state index contributed by atoms with van der Waals surface area (Å²) in [5.41, 5.74) is -1.14. The average Bonchev–Trinajstić information content (AvgIpc) is 2.69. The van der Waals surface area contributed by atoms with Gasteiger partial charge < -0.3 is 25.2 Å². The van der Waals surface area contributed by atoms with Crippen LogP contribution in [0.2, 0.25) is 0 Å². The van der Waals surface area contributed by atoms with Gasteiger partial charge in [0.25, 0.3) is 0 Å². The van der Waals surface area contributed by atoms with Crippen LogP contribution in [0, 0.1) is 10.1 Å². The summed E-state index contributed by atoms with van der Waals surface area (Å²) in [6, 6.07) is 4.24. The van der Waals surface area contributed by atoms with E-state index in [0.29, 0.717) is 0 Å². The number of carbonyl (C=O) groups is 2. The van der Waals surface area contributed by atoms with Crippen molar-refractivity contribution in [2.24, 2.45) is 0 Å². The van der Waals surface area contributed by atoms with Crippen LogP contribution >= 0.6 is 0 Å². The van der Waals surface area contributed by atoms with Crippen molar-refractivity contribution in [1.29, 1.82) is 0 Å². The van der Waals surface area contributed by atoms with Gasteiger partial charge in [-0.2, -0.15) is 0 Å². The molecule has 2 rings (SSSR count). The Bertz CT molecular complexity index is 961. The number of anilines is 1. The fourth-order valence-electron chi connectivity index (χ4n) is 2.57. The SMILES string of the molecule is COc1cccc(C(NC(=O)OC(C)(C)C)C(Nc2ncccc2[N+](=O)[O-])C(=O)O)n1. The third-order valence-corrected chi connectivity index (χ3v) is 3.82. The molecule has 0 aliphatic heterocycles. The summed E-state index contributed by atoms with van der Waals surface area (Å²) in [7, 11) is 1.38. The summed E-state index contributed by atoms with van der Waals surface area (Å²) < 4.78 is 10.3. The van der Waals surface area contributed by atoms with Crippen LogP contribution < -0.4 is 15.4 Å². The lowest BCUT2D eigenvalue weighted by atomic mass is 10.0. The van der Waals surface area contributed by atoms with E-state index in [4.69, 9.17) is 9.47 Å². The minimum atomic E-state index is -1.58. The summed E-state index contributed by atoms with van der Waals surface area (Å²) in [5.74, 6) is -1.51. The quantitative estimate of drug-likeness (QED) is 0.416. The molecule has 0 aliphatic rings. The van der Waals surface area contributed by atoms with E-state index in [0.717, 1.165) is 0 Å². The summed E-state index contributed by atoms with van der Waals surface area (Å²) >= 11 is 0. The van der Waals surface area contributed by atoms with Gasteiger partial charge in [-0.25, -0.2) is 19.6 Å². The molecular formula is C19H23N5O7. The van der Waals surface area contributed by atoms with Gasteiger partial charge in [-0.3, -0.25) is 10.1 Å². The first kappa shape index (κ1) is 23.3. The maximum Gasteiger partial charge on any atom is 0.408 e. The number of nitrogens with zero attached hydrogens (tertiary/aromatic N) is 3. The minimum absolute atomic E-state index is 0.128. The van der Waals surface area contributed by atoms with E-state index in [-0.39, 0.29) is 17.4 Å². The molecule has 0 fully saturated rings. The van der Waals surface area contributed by atoms with Gasteiger partial charge in [-0.05, 0) is 32.9 Å². The number of aliphatic carboxylic acids is 1. The van der Waals surface area contributed by atoms with Gasteiger partial charge in [0.1, 0.15) is 11.6 Å². The number of carboxylic acid groups (broad SMARTS) is 1. The fraction of sp³-hybridized carbons (Fsp3) is 0.368. The van der Waals surface area contributed by atoms with Gasteiger partial charge in [-0.15, -0.1) is 0 Å². The van der Waals surface area contributed by atoms with Crippen LogP contribution in [0.25, 0.3) is 0 Å². The van der Waals surface area contributed by atoms with Crippen molar-refractivity contribution in [2.45, 2.75) is 38.5 Å². The molecule has 0 saturated carbocycles. The smallest absolute Gasteiger partial charge is 0.408 e. The van der Waals surface area contributed by atoms with Crippen molar-refractivity contribution < 1.29 is 29.1 Å². The number of carboxylic acids is 1. The molecule has 2 unspecified atom stereocenters. The minimum Gasteiger partial charge on any atom is -0.481 e. The monoisotopic (exact) mass is 433 g/mol. The maximum absolute atomic E-state index is 12.4. The number of carbonyl (C=O) groups excluding carboxylic acids is 1. The fourth-order valence-corrected chi connectivity index (χ4v) is 2.57. The van der Waals surface area contributed by atoms with Crippen LogP contribution in [0.4, 0.5) is 16.3 Å². The van der Waals surface area contributed by atoms with Crippen molar-refractivity contribution in [3.63, 3.8) is 0 Å². The zero-order valence-corrected chi connectivity index (χ0v) is 17.4. The van der Waals surface area contributed by atoms with Crippen LogP contribution in [0.1, 0.15) is 32.5 Å². The first-order valence-electron chi connectivity index (χ1n) is 9.11. The molecule has 2 heterocycles. The second-order valence-electron chi connectivity index (χ2n) is 7.32. The molecule has 0 aromatic carbocycles. The van der Waals surface area contributed by atoms with Crippen molar-refractivity contribution in [3.05, 3.63) is 52.3 Å². The normalized spacial score (nSPS) is 12.9. The molecule has 0 saturated heterocycles. The van der Waals surface area contributed by atoms with E-state index in [1.807, 2.05) is 0 Å². The molecule has 12 heteroatoms. The van der Waals surface area contributed by atoms with E-state index >= 15 is 0 Å². The molecule has 0 bridgehead atoms. The lowest BCUT2D eigenvalue weighted by Crippen LogP contribution is -2.46. The van der Waals surface area contributed by atoms with Gasteiger partial charge in [-0.1, -0.05) is 6.07 Å². The Kier molecular flexibility index (Phi) is 7.29. The van der Waals surface area contributed by atoms with Crippen molar-refractivity contribution in [3.8, 4) is 5.88 Å². The highest BCUT2D eigenvalue weighted by Gasteiger charge is 2.35. The highest BCUT2D eigenvalue weighted by molar-refractivity contribution is 5.80. The average molecular weight is 433 g/mol. The lowest BCUT2D eigenvalue weighted by Gasteiger charge is -2.27. The molecule has 2 aromatic rings. The third kappa shape index (κ3) is 6.52. The summed E-state index contributed by atoms with van der Waals surface area (Å²) in [6.45, 7) is 4.95. The number of pyridine rings is 2. The number of nitro groups is 1. The summed E-state index contributed by atoms with van der Waals surface area (Å²) in [5, 5.41) is 26.1. The lowest BCUT2D eigenvalue weighted by molar-refractivity contribution is -0.384. The van der Waals surface area contributed by atoms with E-state index in [1.54, 1.807) is 32.9 Å². The Morgan fingerprint density at radius 3 is 2.52 bits per heavy atom. The number of aromatic nitrogens is 2. The van der Waals surface area contributed by atoms with Crippen LogP contribution in [0.15, 0.2) is 36.5 Å². The number of methoxy groups -OCH3 is 1. The van der Waals surface area contributed by atoms with Crippen molar-refractivity contribution in [1.82, 2.24) is 15.3 Å². The Morgan fingerprint density at radius 1 is 1.23 bits per heavy atom. The first-order chi connectivity index (χ1) is 14.5. The highest BCUT2D eigenvalue weighted by atomic mass is 16.6. The molecule has 1 amide bonds. The number of amides is 1.